The van der Waals surface area contributed by atoms with Crippen LogP contribution in [0.3, 0.4) is 0 Å². The molecule has 5 heteroatoms. The van der Waals surface area contributed by atoms with E-state index >= 15 is 0 Å². The summed E-state index contributed by atoms with van der Waals surface area (Å²) in [4.78, 5) is 18.0. The first-order valence-corrected chi connectivity index (χ1v) is 4.73. The molecule has 0 radical (unpaired) electrons. The van der Waals surface area contributed by atoms with E-state index in [9.17, 15) is 4.79 Å². The fourth-order valence-corrected chi connectivity index (χ4v) is 1.11. The van der Waals surface area contributed by atoms with Gasteiger partial charge in [-0.3, -0.25) is 10.1 Å². The van der Waals surface area contributed by atoms with Crippen molar-refractivity contribution in [1.29, 1.82) is 0 Å². The van der Waals surface area contributed by atoms with Crippen molar-refractivity contribution >= 4 is 11.9 Å². The molecule has 0 bridgehead atoms. The fraction of sp³-hybridized carbons (Fsp3) is 0.556. The van der Waals surface area contributed by atoms with Crippen LogP contribution in [0.25, 0.3) is 0 Å². The lowest BCUT2D eigenvalue weighted by molar-refractivity contribution is -0.116. The highest BCUT2D eigenvalue weighted by Crippen LogP contribution is 2.01. The zero-order chi connectivity index (χ0) is 10.4. The minimum Gasteiger partial charge on any atom is -0.331 e. The second kappa shape index (κ2) is 5.39. The Morgan fingerprint density at radius 1 is 1.79 bits per heavy atom. The molecule has 0 aliphatic carbocycles. The van der Waals surface area contributed by atoms with Gasteiger partial charge < -0.3 is 10.7 Å². The van der Waals surface area contributed by atoms with Gasteiger partial charge in [0.1, 0.15) is 0 Å². The van der Waals surface area contributed by atoms with Crippen LogP contribution in [0.1, 0.15) is 26.2 Å². The Labute approximate surface area is 83.1 Å². The minimum absolute atomic E-state index is 0.0272. The molecule has 1 unspecified atom stereocenters. The van der Waals surface area contributed by atoms with E-state index in [2.05, 4.69) is 15.3 Å². The van der Waals surface area contributed by atoms with Gasteiger partial charge in [-0.25, -0.2) is 4.98 Å². The van der Waals surface area contributed by atoms with Gasteiger partial charge >= 0.3 is 0 Å². The van der Waals surface area contributed by atoms with E-state index in [0.717, 1.165) is 12.8 Å². The Hall–Kier alpha value is -1.36. The number of carbonyl (C=O) groups excluding carboxylic acids is 1. The third-order valence-corrected chi connectivity index (χ3v) is 1.82. The molecule has 14 heavy (non-hydrogen) atoms. The van der Waals surface area contributed by atoms with Crippen LogP contribution in [0.5, 0.6) is 0 Å². The maximum atomic E-state index is 11.3. The summed E-state index contributed by atoms with van der Waals surface area (Å²) in [5.41, 5.74) is 5.56. The molecule has 0 saturated carbocycles. The van der Waals surface area contributed by atoms with E-state index in [1.807, 2.05) is 6.92 Å². The van der Waals surface area contributed by atoms with Crippen molar-refractivity contribution in [2.24, 2.45) is 5.73 Å². The second-order valence-corrected chi connectivity index (χ2v) is 3.36. The summed E-state index contributed by atoms with van der Waals surface area (Å²) < 4.78 is 0. The topological polar surface area (TPSA) is 83.8 Å². The number of aromatic nitrogens is 2. The Morgan fingerprint density at radius 2 is 2.57 bits per heavy atom. The number of imidazole rings is 1. The molecule has 0 aromatic carbocycles. The molecule has 1 aromatic heterocycles. The number of hydrogen-bond acceptors (Lipinski definition) is 3. The van der Waals surface area contributed by atoms with Crippen molar-refractivity contribution in [1.82, 2.24) is 9.97 Å². The summed E-state index contributed by atoms with van der Waals surface area (Å²) >= 11 is 0. The number of rotatable bonds is 5. The molecule has 78 valence electrons. The molecule has 1 aromatic rings. The standard InChI is InChI=1S/C9H16N4O/c1-7(10)3-2-4-8(14)13-9-11-5-6-12-9/h5-7H,2-4,10H2,1H3,(H2,11,12,13,14). The number of nitrogens with one attached hydrogen (secondary N) is 2. The Balaban J connectivity index is 2.17. The van der Waals surface area contributed by atoms with E-state index in [1.165, 1.54) is 0 Å². The van der Waals surface area contributed by atoms with E-state index < -0.39 is 0 Å². The third-order valence-electron chi connectivity index (χ3n) is 1.82. The van der Waals surface area contributed by atoms with Gasteiger partial charge in [-0.1, -0.05) is 0 Å². The monoisotopic (exact) mass is 196 g/mol. The molecule has 1 heterocycles. The number of H-pyrrole nitrogens is 1. The number of anilines is 1. The molecule has 1 amide bonds. The van der Waals surface area contributed by atoms with Crippen LogP contribution in [0.2, 0.25) is 0 Å². The predicted molar refractivity (Wildman–Crippen MR) is 54.7 cm³/mol. The van der Waals surface area contributed by atoms with Crippen molar-refractivity contribution in [3.8, 4) is 0 Å². The average molecular weight is 196 g/mol. The van der Waals surface area contributed by atoms with Crippen molar-refractivity contribution in [2.75, 3.05) is 5.32 Å². The molecule has 0 saturated heterocycles. The average Bonchev–Trinajstić information content (AvgIpc) is 2.56. The van der Waals surface area contributed by atoms with Crippen molar-refractivity contribution < 1.29 is 4.79 Å². The minimum atomic E-state index is -0.0272. The highest BCUT2D eigenvalue weighted by atomic mass is 16.1. The molecule has 0 aliphatic rings. The molecule has 0 spiro atoms. The van der Waals surface area contributed by atoms with Crippen LogP contribution in [0, 0.1) is 0 Å². The maximum absolute atomic E-state index is 11.3. The first-order valence-electron chi connectivity index (χ1n) is 4.73. The Morgan fingerprint density at radius 3 is 3.14 bits per heavy atom. The van der Waals surface area contributed by atoms with Gasteiger partial charge in [-0.2, -0.15) is 0 Å². The molecule has 4 N–H and O–H groups in total. The first-order chi connectivity index (χ1) is 6.68. The van der Waals surface area contributed by atoms with Gasteiger partial charge in [0.25, 0.3) is 0 Å². The summed E-state index contributed by atoms with van der Waals surface area (Å²) in [7, 11) is 0. The summed E-state index contributed by atoms with van der Waals surface area (Å²) in [6.45, 7) is 1.93. The highest BCUT2D eigenvalue weighted by molar-refractivity contribution is 5.88. The van der Waals surface area contributed by atoms with Gasteiger partial charge in [0.05, 0.1) is 0 Å². The second-order valence-electron chi connectivity index (χ2n) is 3.36. The Kier molecular flexibility index (Phi) is 4.12. The van der Waals surface area contributed by atoms with E-state index in [-0.39, 0.29) is 11.9 Å². The van der Waals surface area contributed by atoms with Crippen LogP contribution in [-0.2, 0) is 4.79 Å². The van der Waals surface area contributed by atoms with Crippen LogP contribution >= 0.6 is 0 Å². The van der Waals surface area contributed by atoms with Gasteiger partial charge in [0, 0.05) is 24.9 Å². The fourth-order valence-electron chi connectivity index (χ4n) is 1.11. The molecular weight excluding hydrogens is 180 g/mol. The van der Waals surface area contributed by atoms with Crippen LogP contribution in [0.15, 0.2) is 12.4 Å². The van der Waals surface area contributed by atoms with Gasteiger partial charge in [0.2, 0.25) is 11.9 Å². The lowest BCUT2D eigenvalue weighted by atomic mass is 10.1. The predicted octanol–water partition coefficient (Wildman–Crippen LogP) is 0.866. The van der Waals surface area contributed by atoms with Gasteiger partial charge in [-0.05, 0) is 19.8 Å². The lowest BCUT2D eigenvalue weighted by Gasteiger charge is -2.04. The number of carbonyl (C=O) groups is 1. The summed E-state index contributed by atoms with van der Waals surface area (Å²) in [5.74, 6) is 0.469. The van der Waals surface area contributed by atoms with E-state index in [1.54, 1.807) is 12.4 Å². The number of hydrogen-bond donors (Lipinski definition) is 3. The summed E-state index contributed by atoms with van der Waals surface area (Å²) in [6, 6.07) is 0.159. The molecule has 1 rings (SSSR count). The maximum Gasteiger partial charge on any atom is 0.226 e. The van der Waals surface area contributed by atoms with Crippen LogP contribution in [-0.4, -0.2) is 21.9 Å². The zero-order valence-corrected chi connectivity index (χ0v) is 8.29. The summed E-state index contributed by atoms with van der Waals surface area (Å²) in [6.07, 6.45) is 5.42. The zero-order valence-electron chi connectivity index (χ0n) is 8.29. The summed E-state index contributed by atoms with van der Waals surface area (Å²) in [5, 5.41) is 2.65. The third kappa shape index (κ3) is 4.04. The van der Waals surface area contributed by atoms with Crippen molar-refractivity contribution in [3.05, 3.63) is 12.4 Å². The van der Waals surface area contributed by atoms with Gasteiger partial charge in [0.15, 0.2) is 0 Å². The molecule has 0 aliphatic heterocycles. The molecule has 0 fully saturated rings. The largest absolute Gasteiger partial charge is 0.331 e. The number of nitrogens with zero attached hydrogens (tertiary/aromatic N) is 1. The van der Waals surface area contributed by atoms with E-state index in [4.69, 9.17) is 5.73 Å². The molecule has 5 nitrogen and oxygen atoms in total. The molecule has 1 atom stereocenters. The van der Waals surface area contributed by atoms with Crippen LogP contribution < -0.4 is 11.1 Å². The SMILES string of the molecule is CC(N)CCCC(=O)Nc1ncc[nH]1. The number of nitrogens with two attached hydrogens (primary N) is 1. The first kappa shape index (κ1) is 10.7. The molecular formula is C9H16N4O. The number of aromatic amines is 1. The van der Waals surface area contributed by atoms with Gasteiger partial charge in [-0.15, -0.1) is 0 Å². The highest BCUT2D eigenvalue weighted by Gasteiger charge is 2.03. The quantitative estimate of drug-likeness (QED) is 0.653. The van der Waals surface area contributed by atoms with Crippen molar-refractivity contribution in [2.45, 2.75) is 32.2 Å². The number of amides is 1. The van der Waals surface area contributed by atoms with Crippen LogP contribution in [0.4, 0.5) is 5.95 Å². The smallest absolute Gasteiger partial charge is 0.226 e. The normalized spacial score (nSPS) is 12.4. The van der Waals surface area contributed by atoms with Crippen molar-refractivity contribution in [3.63, 3.8) is 0 Å². The Bertz CT molecular complexity index is 268. The lowest BCUT2D eigenvalue weighted by Crippen LogP contribution is -2.17. The van der Waals surface area contributed by atoms with E-state index in [0.29, 0.717) is 12.4 Å².